The Bertz CT molecular complexity index is 356. The van der Waals surface area contributed by atoms with E-state index < -0.39 is 11.5 Å². The summed E-state index contributed by atoms with van der Waals surface area (Å²) in [6.07, 6.45) is 6.11. The van der Waals surface area contributed by atoms with Crippen LogP contribution in [0.2, 0.25) is 0 Å². The molecule has 19 heavy (non-hydrogen) atoms. The van der Waals surface area contributed by atoms with Crippen LogP contribution in [-0.4, -0.2) is 47.8 Å². The first-order valence-electron chi connectivity index (χ1n) is 7.63. The number of carboxylic acid groups (broad SMARTS) is 1. The van der Waals surface area contributed by atoms with Gasteiger partial charge < -0.3 is 9.84 Å². The first kappa shape index (κ1) is 13.4. The Hall–Kier alpha value is -0.610. The summed E-state index contributed by atoms with van der Waals surface area (Å²) in [7, 11) is 0. The van der Waals surface area contributed by atoms with Crippen molar-refractivity contribution in [3.63, 3.8) is 0 Å². The van der Waals surface area contributed by atoms with E-state index in [2.05, 4.69) is 11.8 Å². The van der Waals surface area contributed by atoms with Gasteiger partial charge in [-0.2, -0.15) is 0 Å². The van der Waals surface area contributed by atoms with E-state index in [1.165, 1.54) is 6.42 Å². The van der Waals surface area contributed by atoms with Crippen LogP contribution in [0.3, 0.4) is 0 Å². The Morgan fingerprint density at radius 3 is 2.53 bits per heavy atom. The number of ether oxygens (including phenoxy) is 1. The maximum absolute atomic E-state index is 11.9. The molecule has 3 fully saturated rings. The Labute approximate surface area is 115 Å². The molecular weight excluding hydrogens is 242 g/mol. The summed E-state index contributed by atoms with van der Waals surface area (Å²) in [6, 6.07) is 0. The zero-order valence-electron chi connectivity index (χ0n) is 11.9. The van der Waals surface area contributed by atoms with E-state index in [-0.39, 0.29) is 0 Å². The number of hydrogen-bond acceptors (Lipinski definition) is 3. The minimum Gasteiger partial charge on any atom is -0.480 e. The van der Waals surface area contributed by atoms with Crippen molar-refractivity contribution in [2.45, 2.75) is 51.0 Å². The van der Waals surface area contributed by atoms with Crippen LogP contribution in [0, 0.1) is 11.3 Å². The number of carboxylic acids is 1. The predicted molar refractivity (Wildman–Crippen MR) is 72.1 cm³/mol. The van der Waals surface area contributed by atoms with Crippen molar-refractivity contribution in [1.82, 2.24) is 4.90 Å². The highest BCUT2D eigenvalue weighted by molar-refractivity contribution is 5.79. The molecule has 3 rings (SSSR count). The Balaban J connectivity index is 1.71. The van der Waals surface area contributed by atoms with Crippen molar-refractivity contribution in [2.24, 2.45) is 11.3 Å². The number of aliphatic carboxylic acids is 1. The van der Waals surface area contributed by atoms with Gasteiger partial charge in [-0.25, -0.2) is 0 Å². The lowest BCUT2D eigenvalue weighted by atomic mass is 9.67. The molecule has 2 unspecified atom stereocenters. The number of rotatable bonds is 2. The minimum absolute atomic E-state index is 0.362. The third-order valence-electron chi connectivity index (χ3n) is 5.58. The van der Waals surface area contributed by atoms with Gasteiger partial charge in [-0.15, -0.1) is 0 Å². The van der Waals surface area contributed by atoms with Crippen LogP contribution in [0.4, 0.5) is 0 Å². The first-order chi connectivity index (χ1) is 9.06. The topological polar surface area (TPSA) is 49.8 Å². The molecule has 1 aliphatic carbocycles. The standard InChI is InChI=1S/C15H25NO3/c1-12-3-2-4-15(9-12,13(17)18)16-10-14(11-16)5-7-19-8-6-14/h12H,2-11H2,1H3,(H,17,18). The second-order valence-electron chi connectivity index (χ2n) is 7.01. The Morgan fingerprint density at radius 1 is 1.26 bits per heavy atom. The van der Waals surface area contributed by atoms with Gasteiger partial charge in [0.05, 0.1) is 0 Å². The van der Waals surface area contributed by atoms with Crippen LogP contribution < -0.4 is 0 Å². The smallest absolute Gasteiger partial charge is 0.324 e. The molecular formula is C15H25NO3. The third-order valence-corrected chi connectivity index (χ3v) is 5.58. The van der Waals surface area contributed by atoms with Gasteiger partial charge in [0.2, 0.25) is 0 Å². The minimum atomic E-state index is -0.596. The predicted octanol–water partition coefficient (Wildman–Crippen LogP) is 2.13. The summed E-state index contributed by atoms with van der Waals surface area (Å²) in [5, 5.41) is 9.76. The highest BCUT2D eigenvalue weighted by Gasteiger charge is 2.56. The van der Waals surface area contributed by atoms with Gasteiger partial charge in [0.15, 0.2) is 0 Å². The van der Waals surface area contributed by atoms with Crippen LogP contribution >= 0.6 is 0 Å². The molecule has 0 amide bonds. The summed E-state index contributed by atoms with van der Waals surface area (Å²) >= 11 is 0. The lowest BCUT2D eigenvalue weighted by Gasteiger charge is -2.59. The molecule has 0 radical (unpaired) electrons. The number of likely N-dealkylation sites (tertiary alicyclic amines) is 1. The summed E-state index contributed by atoms with van der Waals surface area (Å²) < 4.78 is 5.44. The van der Waals surface area contributed by atoms with E-state index in [1.54, 1.807) is 0 Å². The number of carbonyl (C=O) groups is 1. The van der Waals surface area contributed by atoms with Gasteiger partial charge in [-0.1, -0.05) is 19.8 Å². The highest BCUT2D eigenvalue weighted by Crippen LogP contribution is 2.48. The summed E-state index contributed by atoms with van der Waals surface area (Å²) in [5.41, 5.74) is -0.206. The molecule has 2 aliphatic heterocycles. The maximum Gasteiger partial charge on any atom is 0.324 e. The second-order valence-corrected chi connectivity index (χ2v) is 7.01. The molecule has 0 bridgehead atoms. The SMILES string of the molecule is CC1CCCC(C(=O)O)(N2CC3(CCOCC3)C2)C1. The molecule has 4 heteroatoms. The molecule has 1 spiro atoms. The van der Waals surface area contributed by atoms with Crippen molar-refractivity contribution in [3.05, 3.63) is 0 Å². The van der Waals surface area contributed by atoms with E-state index in [0.29, 0.717) is 11.3 Å². The normalized spacial score (nSPS) is 38.9. The molecule has 1 N–H and O–H groups in total. The molecule has 0 aromatic rings. The third kappa shape index (κ3) is 2.19. The molecule has 2 heterocycles. The largest absolute Gasteiger partial charge is 0.480 e. The van der Waals surface area contributed by atoms with E-state index in [1.807, 2.05) is 0 Å². The zero-order chi connectivity index (χ0) is 13.5. The van der Waals surface area contributed by atoms with Crippen LogP contribution in [-0.2, 0) is 9.53 Å². The van der Waals surface area contributed by atoms with Crippen LogP contribution in [0.1, 0.15) is 45.4 Å². The van der Waals surface area contributed by atoms with Gasteiger partial charge in [0, 0.05) is 31.7 Å². The highest BCUT2D eigenvalue weighted by atomic mass is 16.5. The molecule has 0 aromatic carbocycles. The molecule has 1 saturated carbocycles. The maximum atomic E-state index is 11.9. The fraction of sp³-hybridized carbons (Fsp3) is 0.933. The van der Waals surface area contributed by atoms with Crippen LogP contribution in [0.25, 0.3) is 0 Å². The lowest BCUT2D eigenvalue weighted by Crippen LogP contribution is -2.69. The summed E-state index contributed by atoms with van der Waals surface area (Å²) in [6.45, 7) is 5.83. The fourth-order valence-corrected chi connectivity index (χ4v) is 4.33. The Morgan fingerprint density at radius 2 is 1.95 bits per heavy atom. The van der Waals surface area contributed by atoms with Crippen LogP contribution in [0.15, 0.2) is 0 Å². The van der Waals surface area contributed by atoms with Gasteiger partial charge >= 0.3 is 5.97 Å². The molecule has 3 aliphatic rings. The van der Waals surface area contributed by atoms with E-state index in [4.69, 9.17) is 4.74 Å². The van der Waals surface area contributed by atoms with Crippen molar-refractivity contribution >= 4 is 5.97 Å². The van der Waals surface area contributed by atoms with Crippen LogP contribution in [0.5, 0.6) is 0 Å². The number of nitrogens with zero attached hydrogens (tertiary/aromatic N) is 1. The lowest BCUT2D eigenvalue weighted by molar-refractivity contribution is -0.177. The van der Waals surface area contributed by atoms with E-state index in [0.717, 1.165) is 58.4 Å². The van der Waals surface area contributed by atoms with Crippen molar-refractivity contribution in [2.75, 3.05) is 26.3 Å². The average Bonchev–Trinajstić information content (AvgIpc) is 2.36. The monoisotopic (exact) mass is 267 g/mol. The second kappa shape index (κ2) is 4.74. The van der Waals surface area contributed by atoms with E-state index in [9.17, 15) is 9.90 Å². The quantitative estimate of drug-likeness (QED) is 0.832. The van der Waals surface area contributed by atoms with Gasteiger partial charge in [-0.05, 0) is 31.6 Å². The Kier molecular flexibility index (Phi) is 3.34. The molecule has 0 aromatic heterocycles. The van der Waals surface area contributed by atoms with Gasteiger partial charge in [-0.3, -0.25) is 9.69 Å². The van der Waals surface area contributed by atoms with Gasteiger partial charge in [0.25, 0.3) is 0 Å². The van der Waals surface area contributed by atoms with Crippen molar-refractivity contribution in [1.29, 1.82) is 0 Å². The molecule has 4 nitrogen and oxygen atoms in total. The first-order valence-corrected chi connectivity index (χ1v) is 7.63. The van der Waals surface area contributed by atoms with Crippen molar-refractivity contribution < 1.29 is 14.6 Å². The average molecular weight is 267 g/mol. The summed E-state index contributed by atoms with van der Waals surface area (Å²) in [5.74, 6) is -0.0583. The zero-order valence-corrected chi connectivity index (χ0v) is 11.9. The molecule has 108 valence electrons. The molecule has 2 atom stereocenters. The van der Waals surface area contributed by atoms with Gasteiger partial charge in [0.1, 0.15) is 5.54 Å². The fourth-order valence-electron chi connectivity index (χ4n) is 4.33. The van der Waals surface area contributed by atoms with Crippen molar-refractivity contribution in [3.8, 4) is 0 Å². The summed E-state index contributed by atoms with van der Waals surface area (Å²) in [4.78, 5) is 14.1. The van der Waals surface area contributed by atoms with E-state index >= 15 is 0 Å². The number of hydrogen-bond donors (Lipinski definition) is 1. The molecule has 2 saturated heterocycles.